The smallest absolute Gasteiger partial charge is 0.377 e. The summed E-state index contributed by atoms with van der Waals surface area (Å²) in [6.45, 7) is 12.5. The van der Waals surface area contributed by atoms with Crippen molar-refractivity contribution in [2.75, 3.05) is 21.3 Å². The van der Waals surface area contributed by atoms with Gasteiger partial charge in [-0.2, -0.15) is 0 Å². The third-order valence-corrected chi connectivity index (χ3v) is 18.4. The molecule has 6 heteroatoms. The Morgan fingerprint density at radius 3 is 1.08 bits per heavy atom. The molecular weight excluding hydrogens is 505 g/mol. The Bertz CT molecular complexity index is 679. The third-order valence-electron chi connectivity index (χ3n) is 8.57. The van der Waals surface area contributed by atoms with Crippen LogP contribution in [0.4, 0.5) is 0 Å². The van der Waals surface area contributed by atoms with Crippen LogP contribution in [0, 0.1) is 0 Å². The van der Waals surface area contributed by atoms with Crippen molar-refractivity contribution in [3.05, 3.63) is 24.3 Å². The normalized spacial score (nSPS) is 12.9. The van der Waals surface area contributed by atoms with E-state index in [2.05, 4.69) is 57.4 Å². The van der Waals surface area contributed by atoms with Crippen LogP contribution in [0.15, 0.2) is 24.3 Å². The Balaban J connectivity index is 2.35. The van der Waals surface area contributed by atoms with Crippen molar-refractivity contribution >= 4 is 35.3 Å². The van der Waals surface area contributed by atoms with E-state index in [1.807, 2.05) is 0 Å². The van der Waals surface area contributed by atoms with E-state index in [9.17, 15) is 0 Å². The Morgan fingerprint density at radius 1 is 0.459 bits per heavy atom. The van der Waals surface area contributed by atoms with Gasteiger partial charge in [-0.1, -0.05) is 163 Å². The number of hydrogen-bond donors (Lipinski definition) is 0. The lowest BCUT2D eigenvalue weighted by atomic mass is 10.1. The van der Waals surface area contributed by atoms with Gasteiger partial charge in [0.1, 0.15) is 0 Å². The van der Waals surface area contributed by atoms with E-state index in [4.69, 9.17) is 13.3 Å². The molecule has 3 nitrogen and oxygen atoms in total. The zero-order valence-electron chi connectivity index (χ0n) is 26.1. The molecule has 0 radical (unpaired) electrons. The molecule has 0 aliphatic carbocycles. The molecule has 216 valence electrons. The predicted octanol–water partition coefficient (Wildman–Crippen LogP) is 8.88. The van der Waals surface area contributed by atoms with Gasteiger partial charge in [0.15, 0.2) is 0 Å². The van der Waals surface area contributed by atoms with Gasteiger partial charge in [-0.3, -0.25) is 0 Å². The van der Waals surface area contributed by atoms with Crippen LogP contribution in [-0.2, 0) is 13.3 Å². The van der Waals surface area contributed by atoms with Gasteiger partial charge >= 0.3 is 8.80 Å². The van der Waals surface area contributed by atoms with Gasteiger partial charge < -0.3 is 13.3 Å². The second-order valence-electron chi connectivity index (χ2n) is 12.5. The Kier molecular flexibility index (Phi) is 17.8. The Morgan fingerprint density at radius 2 is 0.757 bits per heavy atom. The zero-order valence-corrected chi connectivity index (χ0v) is 29.1. The molecule has 1 aromatic rings. The summed E-state index contributed by atoms with van der Waals surface area (Å²) in [5, 5.41) is 3.28. The maximum atomic E-state index is 5.55. The van der Waals surface area contributed by atoms with Crippen molar-refractivity contribution < 1.29 is 13.3 Å². The molecule has 1 aromatic carbocycles. The zero-order chi connectivity index (χ0) is 27.6. The highest BCUT2D eigenvalue weighted by atomic mass is 28.4. The summed E-state index contributed by atoms with van der Waals surface area (Å²) in [5.74, 6) is 0. The molecule has 0 N–H and O–H groups in total. The predicted molar refractivity (Wildman–Crippen MR) is 172 cm³/mol. The first-order chi connectivity index (χ1) is 17.7. The van der Waals surface area contributed by atoms with E-state index in [1.165, 1.54) is 95.6 Å². The molecule has 0 saturated carbocycles. The fourth-order valence-corrected chi connectivity index (χ4v) is 12.3. The SMILES string of the molecule is CCCCCCCCCCCC[Si](C)(C)c1ccc([Si](C)(C)CCCCCC[Si](OC)(OC)OC)cc1. The summed E-state index contributed by atoms with van der Waals surface area (Å²) in [4.78, 5) is 0. The van der Waals surface area contributed by atoms with Crippen molar-refractivity contribution in [1.29, 1.82) is 0 Å². The van der Waals surface area contributed by atoms with Crippen LogP contribution in [0.2, 0.25) is 44.3 Å². The van der Waals surface area contributed by atoms with Crippen LogP contribution >= 0.6 is 0 Å². The quantitative estimate of drug-likeness (QED) is 0.0977. The summed E-state index contributed by atoms with van der Waals surface area (Å²) in [6, 6.07) is 13.7. The molecular formula is C31H62O3Si3. The molecule has 0 fully saturated rings. The van der Waals surface area contributed by atoms with Crippen molar-refractivity contribution in [2.45, 2.75) is 141 Å². The maximum Gasteiger partial charge on any atom is 0.500 e. The molecule has 1 rings (SSSR count). The van der Waals surface area contributed by atoms with E-state index in [1.54, 1.807) is 31.7 Å². The Hall–Kier alpha value is -0.249. The Labute approximate surface area is 234 Å². The van der Waals surface area contributed by atoms with E-state index >= 15 is 0 Å². The summed E-state index contributed by atoms with van der Waals surface area (Å²) in [6.07, 6.45) is 19.2. The number of hydrogen-bond acceptors (Lipinski definition) is 3. The van der Waals surface area contributed by atoms with Gasteiger partial charge in [-0.15, -0.1) is 0 Å². The van der Waals surface area contributed by atoms with Gasteiger partial charge in [0, 0.05) is 27.4 Å². The minimum Gasteiger partial charge on any atom is -0.377 e. The van der Waals surface area contributed by atoms with Gasteiger partial charge in [-0.25, -0.2) is 0 Å². The molecule has 0 aromatic heterocycles. The highest BCUT2D eigenvalue weighted by Crippen LogP contribution is 2.21. The van der Waals surface area contributed by atoms with Gasteiger partial charge in [-0.05, 0) is 6.42 Å². The van der Waals surface area contributed by atoms with Crippen LogP contribution in [0.5, 0.6) is 0 Å². The molecule has 0 heterocycles. The largest absolute Gasteiger partial charge is 0.500 e. The lowest BCUT2D eigenvalue weighted by Crippen LogP contribution is -2.45. The summed E-state index contributed by atoms with van der Waals surface area (Å²) in [7, 11) is 0.0144. The second kappa shape index (κ2) is 18.9. The maximum absolute atomic E-state index is 5.55. The highest BCUT2D eigenvalue weighted by Gasteiger charge is 2.36. The lowest BCUT2D eigenvalue weighted by Gasteiger charge is -2.27. The van der Waals surface area contributed by atoms with Crippen LogP contribution in [0.1, 0.15) is 96.8 Å². The van der Waals surface area contributed by atoms with E-state index < -0.39 is 25.0 Å². The first kappa shape index (κ1) is 34.8. The molecule has 0 atom stereocenters. The lowest BCUT2D eigenvalue weighted by molar-refractivity contribution is 0.122. The standard InChI is InChI=1S/C31H62O3Si3/c1-9-10-11-12-13-14-15-16-17-20-27-35(5,6)30-23-25-31(26-24-30)36(7,8)28-21-18-19-22-29-37(32-2,33-3)34-4/h23-26H,9-22,27-29H2,1-8H3. The fourth-order valence-electron chi connectivity index (χ4n) is 5.53. The first-order valence-corrected chi connectivity index (χ1v) is 23.8. The van der Waals surface area contributed by atoms with Gasteiger partial charge in [0.05, 0.1) is 16.1 Å². The molecule has 0 aliphatic rings. The van der Waals surface area contributed by atoms with Crippen LogP contribution in [0.25, 0.3) is 0 Å². The second-order valence-corrected chi connectivity index (χ2v) is 25.3. The average molecular weight is 567 g/mol. The highest BCUT2D eigenvalue weighted by molar-refractivity contribution is 6.91. The number of unbranched alkanes of at least 4 members (excludes halogenated alkanes) is 12. The third kappa shape index (κ3) is 13.6. The number of rotatable bonds is 23. The van der Waals surface area contributed by atoms with Crippen molar-refractivity contribution in [1.82, 2.24) is 0 Å². The molecule has 37 heavy (non-hydrogen) atoms. The first-order valence-electron chi connectivity index (χ1n) is 15.4. The molecule has 0 saturated heterocycles. The van der Waals surface area contributed by atoms with Crippen LogP contribution < -0.4 is 10.4 Å². The summed E-state index contributed by atoms with van der Waals surface area (Å²) >= 11 is 0. The molecule has 0 unspecified atom stereocenters. The van der Waals surface area contributed by atoms with E-state index in [0.29, 0.717) is 0 Å². The molecule has 0 amide bonds. The van der Waals surface area contributed by atoms with Crippen LogP contribution in [0.3, 0.4) is 0 Å². The average Bonchev–Trinajstić information content (AvgIpc) is 2.90. The number of benzene rings is 1. The summed E-state index contributed by atoms with van der Waals surface area (Å²) < 4.78 is 16.6. The van der Waals surface area contributed by atoms with Gasteiger partial charge in [0.25, 0.3) is 0 Å². The van der Waals surface area contributed by atoms with E-state index in [-0.39, 0.29) is 0 Å². The van der Waals surface area contributed by atoms with Gasteiger partial charge in [0.2, 0.25) is 0 Å². The monoisotopic (exact) mass is 566 g/mol. The molecule has 0 spiro atoms. The fraction of sp³-hybridized carbons (Fsp3) is 0.806. The molecule has 0 aliphatic heterocycles. The van der Waals surface area contributed by atoms with E-state index in [0.717, 1.165) is 12.5 Å². The van der Waals surface area contributed by atoms with Crippen molar-refractivity contribution in [3.8, 4) is 0 Å². The minimum atomic E-state index is -2.40. The summed E-state index contributed by atoms with van der Waals surface area (Å²) in [5.41, 5.74) is 0. The van der Waals surface area contributed by atoms with Crippen molar-refractivity contribution in [2.24, 2.45) is 0 Å². The topological polar surface area (TPSA) is 27.7 Å². The minimum absolute atomic E-state index is 0.914. The molecule has 0 bridgehead atoms. The van der Waals surface area contributed by atoms with Crippen molar-refractivity contribution in [3.63, 3.8) is 0 Å². The van der Waals surface area contributed by atoms with Crippen LogP contribution in [-0.4, -0.2) is 46.3 Å².